The maximum atomic E-state index is 12.3. The van der Waals surface area contributed by atoms with Gasteiger partial charge in [0.05, 0.1) is 24.6 Å². The van der Waals surface area contributed by atoms with Crippen LogP contribution in [0, 0.1) is 11.8 Å². The highest BCUT2D eigenvalue weighted by Gasteiger charge is 2.44. The van der Waals surface area contributed by atoms with Crippen LogP contribution in [0.25, 0.3) is 0 Å². The van der Waals surface area contributed by atoms with Crippen molar-refractivity contribution in [3.63, 3.8) is 0 Å². The second-order valence-electron chi connectivity index (χ2n) is 8.17. The number of ether oxygens (including phenoxy) is 1. The van der Waals surface area contributed by atoms with Crippen LogP contribution >= 0.6 is 11.3 Å². The van der Waals surface area contributed by atoms with Gasteiger partial charge in [0.1, 0.15) is 0 Å². The minimum absolute atomic E-state index is 0.0500. The summed E-state index contributed by atoms with van der Waals surface area (Å²) in [6, 6.07) is 7.96. The zero-order valence-corrected chi connectivity index (χ0v) is 20.2. The van der Waals surface area contributed by atoms with E-state index in [-0.39, 0.29) is 12.0 Å². The van der Waals surface area contributed by atoms with E-state index < -0.39 is 24.3 Å². The first-order valence-corrected chi connectivity index (χ1v) is 11.7. The minimum Gasteiger partial charge on any atom is -0.475 e. The number of carboxylic acid groups (broad SMARTS) is 2. The van der Waals surface area contributed by atoms with E-state index in [0.29, 0.717) is 24.9 Å². The number of fused-ring (bicyclic) bond motifs is 1. The van der Waals surface area contributed by atoms with E-state index in [9.17, 15) is 31.1 Å². The summed E-state index contributed by atoms with van der Waals surface area (Å²) in [6.07, 6.45) is -6.00. The molecule has 2 aromatic rings. The second-order valence-corrected chi connectivity index (χ2v) is 9.20. The fourth-order valence-corrected chi connectivity index (χ4v) is 4.48. The Hall–Kier alpha value is -3.24. The zero-order chi connectivity index (χ0) is 28.5. The maximum Gasteiger partial charge on any atom is 0.490 e. The number of halogens is 6. The fourth-order valence-electron chi connectivity index (χ4n) is 3.73. The number of likely N-dealkylation sites (tertiary alicyclic amines) is 1. The number of amides is 1. The number of aromatic nitrogens is 1. The minimum atomic E-state index is -5.08. The largest absolute Gasteiger partial charge is 0.490 e. The molecule has 2 aliphatic rings. The van der Waals surface area contributed by atoms with Gasteiger partial charge in [-0.1, -0.05) is 6.07 Å². The molecule has 0 spiro atoms. The third-order valence-electron chi connectivity index (χ3n) is 5.35. The lowest BCUT2D eigenvalue weighted by Crippen LogP contribution is -2.26. The Kier molecular flexibility index (Phi) is 11.0. The molecule has 2 fully saturated rings. The van der Waals surface area contributed by atoms with Gasteiger partial charge in [-0.15, -0.1) is 11.3 Å². The van der Waals surface area contributed by atoms with Crippen LogP contribution < -0.4 is 5.32 Å². The lowest BCUT2D eigenvalue weighted by atomic mass is 9.90. The van der Waals surface area contributed by atoms with Crippen LogP contribution in [0.2, 0.25) is 0 Å². The molecule has 0 aromatic carbocycles. The number of anilines is 1. The molecule has 0 bridgehead atoms. The van der Waals surface area contributed by atoms with Crippen LogP contribution in [-0.4, -0.2) is 76.1 Å². The highest BCUT2D eigenvalue weighted by atomic mass is 32.1. The number of thiophene rings is 1. The van der Waals surface area contributed by atoms with Crippen LogP contribution in [0.4, 0.5) is 32.0 Å². The molecule has 0 unspecified atom stereocenters. The summed E-state index contributed by atoms with van der Waals surface area (Å²) >= 11 is 1.80. The SMILES string of the molecule is O=C(C[C@H]1CO[C@@H]2CN(Cc3cccs3)C[C@H]12)Nc1cccnc1.O=C(O)C(F)(F)F.O=C(O)C(F)(F)F. The number of nitrogens with zero attached hydrogens (tertiary/aromatic N) is 2. The molecule has 0 radical (unpaired) electrons. The summed E-state index contributed by atoms with van der Waals surface area (Å²) in [5.74, 6) is -4.70. The summed E-state index contributed by atoms with van der Waals surface area (Å²) < 4.78 is 69.4. The maximum absolute atomic E-state index is 12.3. The van der Waals surface area contributed by atoms with E-state index in [1.54, 1.807) is 23.7 Å². The van der Waals surface area contributed by atoms with Crippen molar-refractivity contribution in [3.8, 4) is 0 Å². The number of rotatable bonds is 5. The second kappa shape index (κ2) is 13.5. The number of hydrogen-bond donors (Lipinski definition) is 3. The summed E-state index contributed by atoms with van der Waals surface area (Å²) in [5.41, 5.74) is 0.753. The van der Waals surface area contributed by atoms with Crippen LogP contribution in [0.15, 0.2) is 42.0 Å². The molecule has 2 saturated heterocycles. The van der Waals surface area contributed by atoms with E-state index >= 15 is 0 Å². The first kappa shape index (κ1) is 31.0. The number of carbonyl (C=O) groups is 3. The number of aliphatic carboxylic acids is 2. The average molecular weight is 571 g/mol. The van der Waals surface area contributed by atoms with Gasteiger partial charge in [0, 0.05) is 43.0 Å². The van der Waals surface area contributed by atoms with Crippen molar-refractivity contribution in [3.05, 3.63) is 46.9 Å². The predicted molar refractivity (Wildman–Crippen MR) is 121 cm³/mol. The molecule has 38 heavy (non-hydrogen) atoms. The van der Waals surface area contributed by atoms with Gasteiger partial charge in [0.15, 0.2) is 0 Å². The van der Waals surface area contributed by atoms with Crippen LogP contribution in [0.3, 0.4) is 0 Å². The Balaban J connectivity index is 0.000000301. The summed E-state index contributed by atoms with van der Waals surface area (Å²) in [5, 5.41) is 19.3. The van der Waals surface area contributed by atoms with Gasteiger partial charge in [0.2, 0.25) is 5.91 Å². The summed E-state index contributed by atoms with van der Waals surface area (Å²) in [6.45, 7) is 3.68. The molecule has 3 N–H and O–H groups in total. The number of hydrogen-bond acceptors (Lipinski definition) is 7. The van der Waals surface area contributed by atoms with Gasteiger partial charge in [-0.3, -0.25) is 14.7 Å². The van der Waals surface area contributed by atoms with Crippen LogP contribution in [-0.2, 0) is 25.7 Å². The van der Waals surface area contributed by atoms with Gasteiger partial charge in [-0.2, -0.15) is 26.3 Å². The zero-order valence-electron chi connectivity index (χ0n) is 19.4. The molecule has 210 valence electrons. The molecule has 0 aliphatic carbocycles. The Labute approximate surface area is 216 Å². The van der Waals surface area contributed by atoms with Crippen molar-refractivity contribution in [2.24, 2.45) is 11.8 Å². The van der Waals surface area contributed by atoms with Crippen LogP contribution in [0.1, 0.15) is 11.3 Å². The normalized spacial score (nSPS) is 20.8. The Morgan fingerprint density at radius 1 is 1.05 bits per heavy atom. The quantitative estimate of drug-likeness (QED) is 0.462. The highest BCUT2D eigenvalue weighted by molar-refractivity contribution is 7.09. The van der Waals surface area contributed by atoms with Crippen molar-refractivity contribution in [1.29, 1.82) is 0 Å². The lowest BCUT2D eigenvalue weighted by molar-refractivity contribution is -0.193. The van der Waals surface area contributed by atoms with Gasteiger partial charge in [-0.05, 0) is 29.5 Å². The smallest absolute Gasteiger partial charge is 0.475 e. The van der Waals surface area contributed by atoms with Gasteiger partial charge in [0.25, 0.3) is 0 Å². The fraction of sp³-hybridized carbons (Fsp3) is 0.455. The monoisotopic (exact) mass is 571 g/mol. The number of alkyl halides is 6. The molecule has 2 aliphatic heterocycles. The van der Waals surface area contributed by atoms with E-state index in [2.05, 4.69) is 32.7 Å². The van der Waals surface area contributed by atoms with Crippen molar-refractivity contribution >= 4 is 34.9 Å². The summed E-state index contributed by atoms with van der Waals surface area (Å²) in [4.78, 5) is 37.9. The van der Waals surface area contributed by atoms with Crippen molar-refractivity contribution in [2.75, 3.05) is 25.0 Å². The molecular formula is C22H23F6N3O6S. The molecule has 16 heteroatoms. The van der Waals surface area contributed by atoms with Gasteiger partial charge >= 0.3 is 24.3 Å². The predicted octanol–water partition coefficient (Wildman–Crippen LogP) is 3.89. The molecule has 4 rings (SSSR count). The van der Waals surface area contributed by atoms with Gasteiger partial charge < -0.3 is 20.3 Å². The van der Waals surface area contributed by atoms with Crippen LogP contribution in [0.5, 0.6) is 0 Å². The number of pyridine rings is 1. The highest BCUT2D eigenvalue weighted by Crippen LogP contribution is 2.36. The topological polar surface area (TPSA) is 129 Å². The molecule has 9 nitrogen and oxygen atoms in total. The molecule has 2 aromatic heterocycles. The molecule has 3 atom stereocenters. The van der Waals surface area contributed by atoms with E-state index in [1.165, 1.54) is 4.88 Å². The van der Waals surface area contributed by atoms with E-state index in [1.807, 2.05) is 12.1 Å². The summed E-state index contributed by atoms with van der Waals surface area (Å²) in [7, 11) is 0. The Morgan fingerprint density at radius 3 is 2.18 bits per heavy atom. The third-order valence-corrected chi connectivity index (χ3v) is 6.21. The van der Waals surface area contributed by atoms with Crippen molar-refractivity contribution in [2.45, 2.75) is 31.4 Å². The molecule has 0 saturated carbocycles. The number of carbonyl (C=O) groups excluding carboxylic acids is 1. The number of carboxylic acids is 2. The number of nitrogens with one attached hydrogen (secondary N) is 1. The third kappa shape index (κ3) is 10.3. The lowest BCUT2D eigenvalue weighted by Gasteiger charge is -2.18. The van der Waals surface area contributed by atoms with E-state index in [0.717, 1.165) is 25.3 Å². The molecular weight excluding hydrogens is 548 g/mol. The first-order valence-electron chi connectivity index (χ1n) is 10.8. The van der Waals surface area contributed by atoms with Crippen molar-refractivity contribution in [1.82, 2.24) is 9.88 Å². The molecule has 1 amide bonds. The van der Waals surface area contributed by atoms with E-state index in [4.69, 9.17) is 24.5 Å². The Bertz CT molecular complexity index is 1030. The first-order chi connectivity index (χ1) is 17.7. The standard InChI is InChI=1S/C18H21N3O2S.2C2HF3O2/c22-18(20-14-3-1-5-19-8-14)7-13-12-23-17-11-21(10-16(13)17)9-15-4-2-6-24-15;2*3-2(4,5)1(6)7/h1-6,8,13,16-17H,7,9-12H2,(H,20,22);2*(H,6,7)/t13-,16+,17+;;/m0../s1. The van der Waals surface area contributed by atoms with Crippen molar-refractivity contribution < 1.29 is 55.7 Å². The molecule has 4 heterocycles. The van der Waals surface area contributed by atoms with Gasteiger partial charge in [-0.25, -0.2) is 9.59 Å². The average Bonchev–Trinajstić information content (AvgIpc) is 3.54. The Morgan fingerprint density at radius 2 is 1.68 bits per heavy atom.